The molecule has 0 aromatic carbocycles. The molecule has 0 bridgehead atoms. The maximum atomic E-state index is 10.9. The highest BCUT2D eigenvalue weighted by Gasteiger charge is 2.14. The molecule has 1 amide bonds. The lowest BCUT2D eigenvalue weighted by Crippen LogP contribution is -2.36. The Kier molecular flexibility index (Phi) is 5.71. The SMILES string of the molecule is CC(=O)Nc1nc(CN(CC(C)O)C(C)C)cs1. The molecule has 1 atom stereocenters. The van der Waals surface area contributed by atoms with Crippen LogP contribution in [0.3, 0.4) is 0 Å². The van der Waals surface area contributed by atoms with Gasteiger partial charge in [0.25, 0.3) is 0 Å². The van der Waals surface area contributed by atoms with E-state index in [0.29, 0.717) is 24.3 Å². The fraction of sp³-hybridized carbons (Fsp3) is 0.667. The third-order valence-corrected chi connectivity index (χ3v) is 3.24. The average Bonchev–Trinajstić information content (AvgIpc) is 2.62. The second-order valence-corrected chi connectivity index (χ2v) is 5.56. The lowest BCUT2D eigenvalue weighted by molar-refractivity contribution is -0.114. The molecule has 0 aliphatic carbocycles. The molecule has 0 radical (unpaired) electrons. The van der Waals surface area contributed by atoms with Gasteiger partial charge in [-0.3, -0.25) is 9.69 Å². The van der Waals surface area contributed by atoms with Gasteiger partial charge in [0.05, 0.1) is 11.8 Å². The van der Waals surface area contributed by atoms with Gasteiger partial charge in [0.2, 0.25) is 5.91 Å². The van der Waals surface area contributed by atoms with Gasteiger partial charge in [-0.1, -0.05) is 0 Å². The second kappa shape index (κ2) is 6.82. The van der Waals surface area contributed by atoms with Crippen LogP contribution in [0.4, 0.5) is 5.13 Å². The Morgan fingerprint density at radius 2 is 2.22 bits per heavy atom. The van der Waals surface area contributed by atoms with E-state index < -0.39 is 0 Å². The Bertz CT molecular complexity index is 390. The Balaban J connectivity index is 2.63. The molecule has 18 heavy (non-hydrogen) atoms. The molecule has 0 saturated heterocycles. The number of aliphatic hydroxyl groups is 1. The molecular formula is C12H21N3O2S. The molecule has 5 nitrogen and oxygen atoms in total. The normalized spacial score (nSPS) is 13.1. The van der Waals surface area contributed by atoms with Gasteiger partial charge < -0.3 is 10.4 Å². The van der Waals surface area contributed by atoms with Gasteiger partial charge in [-0.15, -0.1) is 11.3 Å². The molecule has 6 heteroatoms. The van der Waals surface area contributed by atoms with Crippen molar-refractivity contribution < 1.29 is 9.90 Å². The Morgan fingerprint density at radius 1 is 1.56 bits per heavy atom. The Hall–Kier alpha value is -0.980. The first-order valence-electron chi connectivity index (χ1n) is 6.02. The predicted octanol–water partition coefficient (Wildman–Crippen LogP) is 1.69. The van der Waals surface area contributed by atoms with Crippen LogP contribution in [0, 0.1) is 0 Å². The molecule has 0 aliphatic heterocycles. The summed E-state index contributed by atoms with van der Waals surface area (Å²) in [7, 11) is 0. The van der Waals surface area contributed by atoms with Crippen LogP contribution in [0.5, 0.6) is 0 Å². The monoisotopic (exact) mass is 271 g/mol. The van der Waals surface area contributed by atoms with Gasteiger partial charge in [0.1, 0.15) is 0 Å². The summed E-state index contributed by atoms with van der Waals surface area (Å²) >= 11 is 1.42. The van der Waals surface area contributed by atoms with Crippen molar-refractivity contribution in [3.8, 4) is 0 Å². The first kappa shape index (κ1) is 15.1. The molecule has 0 spiro atoms. The van der Waals surface area contributed by atoms with E-state index in [4.69, 9.17) is 0 Å². The molecule has 1 unspecified atom stereocenters. The fourth-order valence-corrected chi connectivity index (χ4v) is 2.34. The lowest BCUT2D eigenvalue weighted by Gasteiger charge is -2.26. The van der Waals surface area contributed by atoms with Crippen molar-refractivity contribution in [2.75, 3.05) is 11.9 Å². The summed E-state index contributed by atoms with van der Waals surface area (Å²) in [5.41, 5.74) is 0.915. The van der Waals surface area contributed by atoms with Gasteiger partial charge in [0.15, 0.2) is 5.13 Å². The number of thiazole rings is 1. The van der Waals surface area contributed by atoms with Gasteiger partial charge in [-0.2, -0.15) is 0 Å². The summed E-state index contributed by atoms with van der Waals surface area (Å²) in [4.78, 5) is 17.4. The quantitative estimate of drug-likeness (QED) is 0.826. The Morgan fingerprint density at radius 3 is 2.72 bits per heavy atom. The molecule has 2 N–H and O–H groups in total. The number of nitrogens with one attached hydrogen (secondary N) is 1. The van der Waals surface area contributed by atoms with Crippen LogP contribution < -0.4 is 5.32 Å². The van der Waals surface area contributed by atoms with Gasteiger partial charge in [-0.25, -0.2) is 4.98 Å². The van der Waals surface area contributed by atoms with E-state index in [1.54, 1.807) is 6.92 Å². The van der Waals surface area contributed by atoms with Gasteiger partial charge >= 0.3 is 0 Å². The van der Waals surface area contributed by atoms with E-state index >= 15 is 0 Å². The number of aliphatic hydroxyl groups excluding tert-OH is 1. The van der Waals surface area contributed by atoms with Crippen molar-refractivity contribution in [3.05, 3.63) is 11.1 Å². The van der Waals surface area contributed by atoms with Crippen LogP contribution in [0.25, 0.3) is 0 Å². The maximum absolute atomic E-state index is 10.9. The summed E-state index contributed by atoms with van der Waals surface area (Å²) in [6, 6.07) is 0.338. The molecule has 0 aliphatic rings. The molecular weight excluding hydrogens is 250 g/mol. The molecule has 1 aromatic heterocycles. The van der Waals surface area contributed by atoms with E-state index in [2.05, 4.69) is 29.0 Å². The van der Waals surface area contributed by atoms with E-state index in [9.17, 15) is 9.90 Å². The number of anilines is 1. The van der Waals surface area contributed by atoms with Crippen LogP contribution in [0.15, 0.2) is 5.38 Å². The summed E-state index contributed by atoms with van der Waals surface area (Å²) in [5.74, 6) is -0.111. The zero-order valence-electron chi connectivity index (χ0n) is 11.3. The van der Waals surface area contributed by atoms with Crippen LogP contribution in [0.2, 0.25) is 0 Å². The smallest absolute Gasteiger partial charge is 0.223 e. The van der Waals surface area contributed by atoms with Crippen molar-refractivity contribution in [1.82, 2.24) is 9.88 Å². The lowest BCUT2D eigenvalue weighted by atomic mass is 10.2. The van der Waals surface area contributed by atoms with Gasteiger partial charge in [0, 0.05) is 31.4 Å². The van der Waals surface area contributed by atoms with Crippen molar-refractivity contribution >= 4 is 22.4 Å². The maximum Gasteiger partial charge on any atom is 0.223 e. The van der Waals surface area contributed by atoms with Gasteiger partial charge in [-0.05, 0) is 20.8 Å². The third-order valence-electron chi connectivity index (χ3n) is 2.43. The number of carbonyl (C=O) groups excluding carboxylic acids is 1. The summed E-state index contributed by atoms with van der Waals surface area (Å²) in [5, 5.41) is 14.7. The summed E-state index contributed by atoms with van der Waals surface area (Å²) in [6.07, 6.45) is -0.360. The van der Waals surface area contributed by atoms with E-state index in [1.807, 2.05) is 5.38 Å². The number of hydrogen-bond donors (Lipinski definition) is 2. The predicted molar refractivity (Wildman–Crippen MR) is 73.6 cm³/mol. The summed E-state index contributed by atoms with van der Waals surface area (Å²) in [6.45, 7) is 8.71. The minimum absolute atomic E-state index is 0.111. The largest absolute Gasteiger partial charge is 0.392 e. The van der Waals surface area contributed by atoms with Crippen LogP contribution in [-0.2, 0) is 11.3 Å². The molecule has 0 fully saturated rings. The van der Waals surface area contributed by atoms with E-state index in [0.717, 1.165) is 5.69 Å². The molecule has 102 valence electrons. The zero-order valence-corrected chi connectivity index (χ0v) is 12.1. The molecule has 1 rings (SSSR count). The van der Waals surface area contributed by atoms with Crippen molar-refractivity contribution in [2.45, 2.75) is 46.4 Å². The van der Waals surface area contributed by atoms with Crippen molar-refractivity contribution in [1.29, 1.82) is 0 Å². The zero-order chi connectivity index (χ0) is 13.7. The highest BCUT2D eigenvalue weighted by atomic mass is 32.1. The van der Waals surface area contributed by atoms with E-state index in [1.165, 1.54) is 18.3 Å². The minimum atomic E-state index is -0.360. The van der Waals surface area contributed by atoms with Crippen LogP contribution >= 0.6 is 11.3 Å². The average molecular weight is 271 g/mol. The van der Waals surface area contributed by atoms with E-state index in [-0.39, 0.29) is 12.0 Å². The fourth-order valence-electron chi connectivity index (χ4n) is 1.59. The molecule has 0 saturated carbocycles. The molecule has 1 heterocycles. The first-order chi connectivity index (χ1) is 8.38. The number of nitrogens with zero attached hydrogens (tertiary/aromatic N) is 2. The second-order valence-electron chi connectivity index (χ2n) is 4.70. The number of rotatable bonds is 6. The third kappa shape index (κ3) is 5.12. The number of hydrogen-bond acceptors (Lipinski definition) is 5. The summed E-state index contributed by atoms with van der Waals surface area (Å²) < 4.78 is 0. The highest BCUT2D eigenvalue weighted by Crippen LogP contribution is 2.17. The molecule has 1 aromatic rings. The topological polar surface area (TPSA) is 65.5 Å². The van der Waals surface area contributed by atoms with Crippen LogP contribution in [0.1, 0.15) is 33.4 Å². The first-order valence-corrected chi connectivity index (χ1v) is 6.90. The van der Waals surface area contributed by atoms with Crippen LogP contribution in [-0.4, -0.2) is 39.6 Å². The number of carbonyl (C=O) groups is 1. The highest BCUT2D eigenvalue weighted by molar-refractivity contribution is 7.13. The minimum Gasteiger partial charge on any atom is -0.392 e. The van der Waals surface area contributed by atoms with Crippen molar-refractivity contribution in [3.63, 3.8) is 0 Å². The Labute approximate surface area is 112 Å². The number of aromatic nitrogens is 1. The number of amides is 1. The van der Waals surface area contributed by atoms with Crippen molar-refractivity contribution in [2.24, 2.45) is 0 Å². The standard InChI is InChI=1S/C12H21N3O2S/c1-8(2)15(5-9(3)16)6-11-7-18-12(14-11)13-10(4)17/h7-9,16H,5-6H2,1-4H3,(H,13,14,17).